The van der Waals surface area contributed by atoms with Crippen LogP contribution in [0.25, 0.3) is 0 Å². The molecule has 0 aliphatic rings. The van der Waals surface area contributed by atoms with Gasteiger partial charge < -0.3 is 4.55 Å². The zero-order chi connectivity index (χ0) is 9.00. The predicted octanol–water partition coefficient (Wildman–Crippen LogP) is -4.59. The monoisotopic (exact) mass is 236 g/mol. The van der Waals surface area contributed by atoms with Crippen molar-refractivity contribution in [2.24, 2.45) is 0 Å². The molecular formula is H6LiO8PS2. The molecule has 0 aliphatic heterocycles. The molecular weight excluding hydrogens is 230 g/mol. The Labute approximate surface area is 84.7 Å². The summed E-state index contributed by atoms with van der Waals surface area (Å²) in [6.07, 6.45) is 0. The molecule has 0 amide bonds. The third-order valence-corrected chi connectivity index (χ3v) is 0. The van der Waals surface area contributed by atoms with Crippen LogP contribution in [0.1, 0.15) is 0 Å². The fourth-order valence-electron chi connectivity index (χ4n) is 0. The molecule has 1 unspecified atom stereocenters. The summed E-state index contributed by atoms with van der Waals surface area (Å²) in [6, 6.07) is 0. The fraction of sp³-hybridized carbons (Fsp3) is 0. The van der Waals surface area contributed by atoms with Crippen LogP contribution in [-0.4, -0.2) is 35.0 Å². The molecule has 0 heterocycles. The molecule has 12 heteroatoms. The van der Waals surface area contributed by atoms with Crippen molar-refractivity contribution in [2.75, 3.05) is 0 Å². The average molecular weight is 236 g/mol. The third-order valence-electron chi connectivity index (χ3n) is 0. The van der Waals surface area contributed by atoms with E-state index in [1.54, 1.807) is 0 Å². The van der Waals surface area contributed by atoms with Gasteiger partial charge in [0.25, 0.3) is 0 Å². The van der Waals surface area contributed by atoms with E-state index in [4.69, 9.17) is 35.0 Å². The van der Waals surface area contributed by atoms with E-state index in [-0.39, 0.29) is 28.8 Å². The zero-order valence-electron chi connectivity index (χ0n) is 5.91. The van der Waals surface area contributed by atoms with E-state index in [2.05, 4.69) is 0 Å². The van der Waals surface area contributed by atoms with Gasteiger partial charge in [-0.05, 0) is 0 Å². The van der Waals surface area contributed by atoms with Crippen molar-refractivity contribution >= 4 is 30.7 Å². The summed E-state index contributed by atoms with van der Waals surface area (Å²) in [5.41, 5.74) is 0. The Morgan fingerprint density at radius 2 is 0.917 bits per heavy atom. The first-order chi connectivity index (χ1) is 4.00. The Balaban J connectivity index is -0.0000000457. The molecule has 0 aromatic rings. The summed E-state index contributed by atoms with van der Waals surface area (Å²) in [5.74, 6) is 0. The van der Waals surface area contributed by atoms with Gasteiger partial charge in [-0.15, -0.1) is 0 Å². The quantitative estimate of drug-likeness (QED) is 0.164. The van der Waals surface area contributed by atoms with E-state index in [1.165, 1.54) is 0 Å². The van der Waals surface area contributed by atoms with Crippen LogP contribution in [0.4, 0.5) is 0 Å². The van der Waals surface area contributed by atoms with E-state index >= 15 is 0 Å². The van der Waals surface area contributed by atoms with Crippen LogP contribution in [0.5, 0.6) is 0 Å². The Morgan fingerprint density at radius 1 is 0.917 bits per heavy atom. The Hall–Kier alpha value is 0.767. The molecule has 0 aliphatic carbocycles. The molecule has 0 saturated carbocycles. The first-order valence-electron chi connectivity index (χ1n) is 1.38. The van der Waals surface area contributed by atoms with Crippen molar-refractivity contribution in [3.8, 4) is 0 Å². The number of rotatable bonds is 0. The molecule has 0 radical (unpaired) electrons. The van der Waals surface area contributed by atoms with Gasteiger partial charge in [0.15, 0.2) is 0 Å². The van der Waals surface area contributed by atoms with Gasteiger partial charge >= 0.3 is 29.3 Å². The second-order valence-corrected chi connectivity index (χ2v) is 2.63. The molecule has 0 aromatic heterocycles. The fourth-order valence-corrected chi connectivity index (χ4v) is 0. The second kappa shape index (κ2) is 8.37. The predicted molar refractivity (Wildman–Crippen MR) is 37.6 cm³/mol. The summed E-state index contributed by atoms with van der Waals surface area (Å²) < 4.78 is 64.4. The molecule has 8 nitrogen and oxygen atoms in total. The van der Waals surface area contributed by atoms with E-state index < -0.39 is 20.8 Å². The van der Waals surface area contributed by atoms with Crippen LogP contribution in [0.15, 0.2) is 0 Å². The second-order valence-electron chi connectivity index (χ2n) is 0.876. The van der Waals surface area contributed by atoms with Crippen molar-refractivity contribution in [3.05, 3.63) is 0 Å². The molecule has 0 fully saturated rings. The molecule has 0 spiro atoms. The number of hydrogen-bond acceptors (Lipinski definition) is 5. The number of hydrogen-bond donors (Lipinski definition) is 3. The van der Waals surface area contributed by atoms with Gasteiger partial charge in [-0.2, -0.15) is 18.3 Å². The van der Waals surface area contributed by atoms with Gasteiger partial charge in [0.1, 0.15) is 0 Å². The zero-order valence-corrected chi connectivity index (χ0v) is 8.95. The van der Waals surface area contributed by atoms with Gasteiger partial charge in [-0.1, -0.05) is 0 Å². The minimum atomic E-state index is -4.92. The maximum Gasteiger partial charge on any atom is 1.00 e. The van der Waals surface area contributed by atoms with Crippen molar-refractivity contribution in [1.29, 1.82) is 0 Å². The average Bonchev–Trinajstić information content (AvgIpc) is 1.12. The van der Waals surface area contributed by atoms with Gasteiger partial charge in [0, 0.05) is 0 Å². The topological polar surface area (TPSA) is 152 Å². The molecule has 0 saturated heterocycles. The molecule has 0 aromatic carbocycles. The summed E-state index contributed by atoms with van der Waals surface area (Å²) in [6.45, 7) is 0. The normalized spacial score (nSPS) is 9.67. The maximum absolute atomic E-state index is 8.74. The molecule has 1 atom stereocenters. The van der Waals surface area contributed by atoms with Crippen LogP contribution < -0.4 is 18.9 Å². The van der Waals surface area contributed by atoms with Crippen LogP contribution >= 0.6 is 9.90 Å². The van der Waals surface area contributed by atoms with Crippen LogP contribution in [0, 0.1) is 0 Å². The Morgan fingerprint density at radius 3 is 0.917 bits per heavy atom. The van der Waals surface area contributed by atoms with E-state index in [0.717, 1.165) is 0 Å². The minimum absolute atomic E-state index is 0. The largest absolute Gasteiger partial charge is 1.00 e. The molecule has 0 bridgehead atoms. The van der Waals surface area contributed by atoms with Crippen molar-refractivity contribution in [2.45, 2.75) is 0 Å². The van der Waals surface area contributed by atoms with E-state index in [9.17, 15) is 0 Å². The first kappa shape index (κ1) is 23.0. The summed E-state index contributed by atoms with van der Waals surface area (Å²) in [7, 11) is -9.58. The van der Waals surface area contributed by atoms with E-state index in [0.29, 0.717) is 0 Å². The van der Waals surface area contributed by atoms with Gasteiger partial charge in [-0.3, -0.25) is 13.7 Å². The SMILES string of the molecule is O=S(=O)(O)O.O=S(=O)([O-])O.P.[Li+]. The van der Waals surface area contributed by atoms with Gasteiger partial charge in [0.05, 0.1) is 0 Å². The summed E-state index contributed by atoms with van der Waals surface area (Å²) in [5, 5.41) is 0. The maximum atomic E-state index is 8.74. The third kappa shape index (κ3) is 1740. The van der Waals surface area contributed by atoms with E-state index in [1.807, 2.05) is 0 Å². The Kier molecular flexibility index (Phi) is 16.0. The smallest absolute Gasteiger partial charge is 0.726 e. The first-order valence-corrected chi connectivity index (χ1v) is 4.14. The Bertz CT molecular complexity index is 213. The van der Waals surface area contributed by atoms with Crippen LogP contribution in [0.2, 0.25) is 0 Å². The van der Waals surface area contributed by atoms with Crippen molar-refractivity contribution in [3.63, 3.8) is 0 Å². The van der Waals surface area contributed by atoms with Crippen molar-refractivity contribution in [1.82, 2.24) is 0 Å². The summed E-state index contributed by atoms with van der Waals surface area (Å²) >= 11 is 0. The van der Waals surface area contributed by atoms with Gasteiger partial charge in [0.2, 0.25) is 10.4 Å². The molecule has 12 heavy (non-hydrogen) atoms. The van der Waals surface area contributed by atoms with Crippen LogP contribution in [0.3, 0.4) is 0 Å². The molecule has 0 rings (SSSR count). The summed E-state index contributed by atoms with van der Waals surface area (Å²) in [4.78, 5) is 0. The molecule has 3 N–H and O–H groups in total. The van der Waals surface area contributed by atoms with Gasteiger partial charge in [-0.25, -0.2) is 8.42 Å². The van der Waals surface area contributed by atoms with Crippen LogP contribution in [-0.2, 0) is 20.8 Å². The molecule has 72 valence electrons. The minimum Gasteiger partial charge on any atom is -0.726 e. The van der Waals surface area contributed by atoms with Crippen molar-refractivity contribution < 1.29 is 53.9 Å². The standard InChI is InChI=1S/Li.2H2O4S.H3P/c;2*1-5(2,3)4;/h;2*(H2,1,2,3,4);1H3/q+1;;;/p-1.